The van der Waals surface area contributed by atoms with Gasteiger partial charge in [0.15, 0.2) is 0 Å². The summed E-state index contributed by atoms with van der Waals surface area (Å²) in [5.41, 5.74) is 1.74. The Morgan fingerprint density at radius 3 is 2.77 bits per heavy atom. The Bertz CT molecular complexity index is 632. The van der Waals surface area contributed by atoms with Gasteiger partial charge in [0.2, 0.25) is 0 Å². The van der Waals surface area contributed by atoms with Gasteiger partial charge >= 0.3 is 0 Å². The Kier molecular flexibility index (Phi) is 9.16. The Hall–Kier alpha value is -1.36. The molecule has 1 aromatic carbocycles. The molecule has 0 saturated heterocycles. The fourth-order valence-electron chi connectivity index (χ4n) is 2.67. The minimum absolute atomic E-state index is 0.152. The van der Waals surface area contributed by atoms with Crippen molar-refractivity contribution in [1.82, 2.24) is 4.90 Å². The molecule has 1 aliphatic rings. The van der Waals surface area contributed by atoms with Crippen molar-refractivity contribution in [2.75, 3.05) is 31.6 Å². The zero-order chi connectivity index (χ0) is 18.8. The molecule has 0 bridgehead atoms. The van der Waals surface area contributed by atoms with E-state index in [9.17, 15) is 0 Å². The number of hydrogen-bond donors (Lipinski definition) is 2. The summed E-state index contributed by atoms with van der Waals surface area (Å²) in [4.78, 5) is 2.14. The van der Waals surface area contributed by atoms with Crippen LogP contribution in [0.3, 0.4) is 0 Å². The van der Waals surface area contributed by atoms with Crippen molar-refractivity contribution >= 4 is 28.9 Å². The second-order valence-electron chi connectivity index (χ2n) is 6.30. The van der Waals surface area contributed by atoms with Crippen LogP contribution in [-0.4, -0.2) is 36.3 Å². The van der Waals surface area contributed by atoms with E-state index in [-0.39, 0.29) is 6.61 Å². The largest absolute Gasteiger partial charge is 0.494 e. The van der Waals surface area contributed by atoms with Crippen LogP contribution < -0.4 is 5.32 Å². The number of ether oxygens (including phenoxy) is 1. The summed E-state index contributed by atoms with van der Waals surface area (Å²) in [7, 11) is 0. The van der Waals surface area contributed by atoms with Crippen LogP contribution in [0.2, 0.25) is 10.0 Å². The minimum Gasteiger partial charge on any atom is -0.494 e. The van der Waals surface area contributed by atoms with E-state index in [0.29, 0.717) is 29.6 Å². The van der Waals surface area contributed by atoms with Gasteiger partial charge < -0.3 is 20.1 Å². The Morgan fingerprint density at radius 1 is 1.23 bits per heavy atom. The van der Waals surface area contributed by atoms with Crippen LogP contribution in [0.4, 0.5) is 5.69 Å². The average molecular weight is 399 g/mol. The lowest BCUT2D eigenvalue weighted by atomic mass is 10.1. The van der Waals surface area contributed by atoms with Crippen molar-refractivity contribution in [3.05, 3.63) is 51.9 Å². The van der Waals surface area contributed by atoms with Crippen LogP contribution >= 0.6 is 23.2 Å². The van der Waals surface area contributed by atoms with Gasteiger partial charge in [-0.1, -0.05) is 43.0 Å². The summed E-state index contributed by atoms with van der Waals surface area (Å²) in [6.07, 6.45) is 10.2. The lowest BCUT2D eigenvalue weighted by Crippen LogP contribution is -2.20. The van der Waals surface area contributed by atoms with Gasteiger partial charge in [-0.3, -0.25) is 0 Å². The van der Waals surface area contributed by atoms with Crippen molar-refractivity contribution in [1.29, 1.82) is 0 Å². The number of allylic oxidation sites excluding steroid dienone is 1. The van der Waals surface area contributed by atoms with Crippen LogP contribution in [0.1, 0.15) is 38.2 Å². The molecule has 0 unspecified atom stereocenters. The number of nitrogens with one attached hydrogen (secondary N) is 1. The van der Waals surface area contributed by atoms with Crippen molar-refractivity contribution in [2.45, 2.75) is 39.2 Å². The molecule has 26 heavy (non-hydrogen) atoms. The van der Waals surface area contributed by atoms with Gasteiger partial charge in [0.1, 0.15) is 5.76 Å². The second kappa shape index (κ2) is 11.4. The molecule has 0 amide bonds. The van der Waals surface area contributed by atoms with E-state index in [2.05, 4.69) is 23.2 Å². The Balaban J connectivity index is 1.92. The van der Waals surface area contributed by atoms with Crippen LogP contribution in [0.5, 0.6) is 0 Å². The molecule has 144 valence electrons. The molecule has 4 nitrogen and oxygen atoms in total. The Labute approximate surface area is 166 Å². The predicted molar refractivity (Wildman–Crippen MR) is 110 cm³/mol. The normalized spacial score (nSPS) is 13.7. The summed E-state index contributed by atoms with van der Waals surface area (Å²) >= 11 is 12.9. The fraction of sp³-hybridized carbons (Fsp3) is 0.500. The molecular weight excluding hydrogens is 371 g/mol. The minimum atomic E-state index is 0.152. The summed E-state index contributed by atoms with van der Waals surface area (Å²) < 4.78 is 5.77. The van der Waals surface area contributed by atoms with Crippen molar-refractivity contribution in [3.8, 4) is 0 Å². The van der Waals surface area contributed by atoms with Gasteiger partial charge in [-0.15, -0.1) is 0 Å². The summed E-state index contributed by atoms with van der Waals surface area (Å²) in [6, 6.07) is 3.73. The maximum absolute atomic E-state index is 8.91. The molecule has 0 aliphatic carbocycles. The van der Waals surface area contributed by atoms with Gasteiger partial charge in [0, 0.05) is 43.0 Å². The standard InChI is InChI=1S/C20H28Cl2N2O2/c1-2-3-4-14-26-16-8-11-24(12-9-16)15-17-18(21)6-7-19(20(17)22)23-10-5-13-25/h6-9,11,23,25H,2-5,10,12-15H2,1H3. The SMILES string of the molecule is CCCCCOC1=CCN(Cc2c(Cl)ccc(NCCCO)c2Cl)C=C1. The van der Waals surface area contributed by atoms with E-state index in [4.69, 9.17) is 33.0 Å². The van der Waals surface area contributed by atoms with Crippen LogP contribution in [0.25, 0.3) is 0 Å². The molecule has 0 radical (unpaired) electrons. The molecule has 6 heteroatoms. The maximum Gasteiger partial charge on any atom is 0.118 e. The number of aliphatic hydroxyl groups excluding tert-OH is 1. The third-order valence-electron chi connectivity index (χ3n) is 4.19. The first-order valence-corrected chi connectivity index (χ1v) is 9.98. The lowest BCUT2D eigenvalue weighted by Gasteiger charge is -2.24. The van der Waals surface area contributed by atoms with Gasteiger partial charge in [-0.25, -0.2) is 0 Å². The number of aliphatic hydroxyl groups is 1. The zero-order valence-corrected chi connectivity index (χ0v) is 16.8. The molecule has 1 aromatic rings. The van der Waals surface area contributed by atoms with Gasteiger partial charge in [0.05, 0.1) is 17.3 Å². The summed E-state index contributed by atoms with van der Waals surface area (Å²) in [5.74, 6) is 0.925. The second-order valence-corrected chi connectivity index (χ2v) is 7.08. The number of benzene rings is 1. The van der Waals surface area contributed by atoms with Gasteiger partial charge in [-0.05, 0) is 37.1 Å². The van der Waals surface area contributed by atoms with Crippen LogP contribution in [-0.2, 0) is 11.3 Å². The third-order valence-corrected chi connectivity index (χ3v) is 4.98. The molecule has 1 aliphatic heterocycles. The highest BCUT2D eigenvalue weighted by molar-refractivity contribution is 6.37. The molecule has 0 saturated carbocycles. The molecule has 0 aromatic heterocycles. The van der Waals surface area contributed by atoms with E-state index in [0.717, 1.165) is 36.6 Å². The van der Waals surface area contributed by atoms with E-state index in [1.807, 2.05) is 24.4 Å². The highest BCUT2D eigenvalue weighted by atomic mass is 35.5. The lowest BCUT2D eigenvalue weighted by molar-refractivity contribution is 0.211. The van der Waals surface area contributed by atoms with Gasteiger partial charge in [0.25, 0.3) is 0 Å². The molecule has 1 heterocycles. The monoisotopic (exact) mass is 398 g/mol. The topological polar surface area (TPSA) is 44.7 Å². The van der Waals surface area contributed by atoms with E-state index in [1.54, 1.807) is 0 Å². The van der Waals surface area contributed by atoms with Crippen molar-refractivity contribution < 1.29 is 9.84 Å². The number of unbranched alkanes of at least 4 members (excludes halogenated alkanes) is 2. The number of nitrogens with zero attached hydrogens (tertiary/aromatic N) is 1. The van der Waals surface area contributed by atoms with E-state index < -0.39 is 0 Å². The maximum atomic E-state index is 8.91. The number of hydrogen-bond acceptors (Lipinski definition) is 4. The smallest absolute Gasteiger partial charge is 0.118 e. The highest BCUT2D eigenvalue weighted by Gasteiger charge is 2.14. The first kappa shape index (κ1) is 20.9. The van der Waals surface area contributed by atoms with Crippen molar-refractivity contribution in [3.63, 3.8) is 0 Å². The average Bonchev–Trinajstić information content (AvgIpc) is 2.65. The quantitative estimate of drug-likeness (QED) is 0.502. The predicted octanol–water partition coefficient (Wildman–Crippen LogP) is 5.21. The molecule has 0 fully saturated rings. The first-order chi connectivity index (χ1) is 12.7. The first-order valence-electron chi connectivity index (χ1n) is 9.22. The van der Waals surface area contributed by atoms with E-state index in [1.165, 1.54) is 12.8 Å². The number of rotatable bonds is 11. The molecular formula is C20H28Cl2N2O2. The highest BCUT2D eigenvalue weighted by Crippen LogP contribution is 2.33. The molecule has 2 N–H and O–H groups in total. The van der Waals surface area contributed by atoms with Gasteiger partial charge in [-0.2, -0.15) is 0 Å². The van der Waals surface area contributed by atoms with Crippen LogP contribution in [0.15, 0.2) is 36.2 Å². The Morgan fingerprint density at radius 2 is 2.08 bits per heavy atom. The molecule has 2 rings (SSSR count). The third kappa shape index (κ3) is 6.42. The van der Waals surface area contributed by atoms with E-state index >= 15 is 0 Å². The zero-order valence-electron chi connectivity index (χ0n) is 15.3. The van der Waals surface area contributed by atoms with Crippen LogP contribution in [0, 0.1) is 0 Å². The number of halogens is 2. The summed E-state index contributed by atoms with van der Waals surface area (Å²) in [5, 5.41) is 13.4. The molecule has 0 atom stereocenters. The van der Waals surface area contributed by atoms with Crippen molar-refractivity contribution in [2.24, 2.45) is 0 Å². The summed E-state index contributed by atoms with van der Waals surface area (Å²) in [6.45, 7) is 5.16. The number of anilines is 1. The molecule has 0 spiro atoms. The fourth-order valence-corrected chi connectivity index (χ4v) is 3.22.